The number of aromatic nitrogens is 4. The fourth-order valence-electron chi connectivity index (χ4n) is 8.75. The van der Waals surface area contributed by atoms with Crippen LogP contribution in [0.3, 0.4) is 0 Å². The number of hydrogen-bond acceptors (Lipinski definition) is 14. The summed E-state index contributed by atoms with van der Waals surface area (Å²) in [4.78, 5) is 94.9. The van der Waals surface area contributed by atoms with E-state index in [1.807, 2.05) is 11.9 Å². The van der Waals surface area contributed by atoms with E-state index in [1.165, 1.54) is 23.0 Å². The van der Waals surface area contributed by atoms with Crippen LogP contribution in [-0.4, -0.2) is 119 Å². The number of cyclic esters (lactones) is 1. The van der Waals surface area contributed by atoms with Crippen LogP contribution in [0.1, 0.15) is 92.7 Å². The van der Waals surface area contributed by atoms with Gasteiger partial charge in [0.15, 0.2) is 5.60 Å². The summed E-state index contributed by atoms with van der Waals surface area (Å²) in [6, 6.07) is 3.57. The smallest absolute Gasteiger partial charge is 0.343 e. The molecule has 4 aromatic rings. The van der Waals surface area contributed by atoms with Crippen LogP contribution in [0.15, 0.2) is 46.6 Å². The van der Waals surface area contributed by atoms with Gasteiger partial charge in [0.1, 0.15) is 24.0 Å². The summed E-state index contributed by atoms with van der Waals surface area (Å²) in [6.45, 7) is 7.16. The number of nitrogens with one attached hydrogen (secondary N) is 4. The normalized spacial score (nSPS) is 17.7. The molecule has 0 spiro atoms. The zero-order valence-corrected chi connectivity index (χ0v) is 40.6. The predicted octanol–water partition coefficient (Wildman–Crippen LogP) is 1.91. The number of fused-ring (bicyclic) bond motifs is 5. The number of nitrogens with zero attached hydrogens (tertiary/aromatic N) is 5. The van der Waals surface area contributed by atoms with Gasteiger partial charge in [-0.25, -0.2) is 32.6 Å². The van der Waals surface area contributed by atoms with Gasteiger partial charge in [0.25, 0.3) is 5.56 Å². The second-order valence-electron chi connectivity index (χ2n) is 18.3. The Balaban J connectivity index is 0.981. The van der Waals surface area contributed by atoms with Gasteiger partial charge in [0.05, 0.1) is 41.1 Å². The van der Waals surface area contributed by atoms with Gasteiger partial charge in [-0.3, -0.25) is 24.0 Å². The number of sulfone groups is 1. The van der Waals surface area contributed by atoms with Crippen molar-refractivity contribution in [3.8, 4) is 23.2 Å². The Bertz CT molecular complexity index is 3050. The van der Waals surface area contributed by atoms with E-state index in [-0.39, 0.29) is 73.5 Å². The Hall–Kier alpha value is -6.89. The van der Waals surface area contributed by atoms with E-state index in [4.69, 9.17) is 9.72 Å². The summed E-state index contributed by atoms with van der Waals surface area (Å²) in [7, 11) is -1.64. The molecule has 1 aromatic carbocycles. The molecule has 21 heteroatoms. The fraction of sp³-hybridized carbons (Fsp3) is 0.449. The van der Waals surface area contributed by atoms with Crippen molar-refractivity contribution in [2.45, 2.75) is 102 Å². The van der Waals surface area contributed by atoms with Gasteiger partial charge in [0.2, 0.25) is 38.6 Å². The van der Waals surface area contributed by atoms with E-state index < -0.39 is 68.6 Å². The fourth-order valence-corrected chi connectivity index (χ4v) is 9.24. The van der Waals surface area contributed by atoms with Gasteiger partial charge in [-0.1, -0.05) is 44.8 Å². The van der Waals surface area contributed by atoms with Gasteiger partial charge < -0.3 is 40.6 Å². The number of piperidine rings is 1. The molecule has 5 N–H and O–H groups in total. The molecule has 1 fully saturated rings. The lowest BCUT2D eigenvalue weighted by Gasteiger charge is -2.41. The predicted molar refractivity (Wildman–Crippen MR) is 255 cm³/mol. The molecule has 19 nitrogen and oxygen atoms in total. The van der Waals surface area contributed by atoms with Crippen LogP contribution in [0.5, 0.6) is 0 Å². The molecule has 2 atom stereocenters. The minimum Gasteiger partial charge on any atom is -0.458 e. The maximum Gasteiger partial charge on any atom is 0.343 e. The minimum atomic E-state index is -3.54. The van der Waals surface area contributed by atoms with E-state index in [0.29, 0.717) is 70.5 Å². The highest BCUT2D eigenvalue weighted by Crippen LogP contribution is 2.41. The lowest BCUT2D eigenvalue weighted by atomic mass is 9.85. The zero-order valence-electron chi connectivity index (χ0n) is 39.8. The van der Waals surface area contributed by atoms with E-state index in [1.54, 1.807) is 52.0 Å². The molecule has 0 unspecified atom stereocenters. The number of benzene rings is 1. The lowest BCUT2D eigenvalue weighted by molar-refractivity contribution is -0.172. The average molecular weight is 982 g/mol. The number of esters is 1. The number of carbonyl (C=O) groups excluding carboxylic acids is 5. The van der Waals surface area contributed by atoms with Crippen LogP contribution >= 0.6 is 0 Å². The number of ether oxygens (including phenoxy) is 1. The van der Waals surface area contributed by atoms with Crippen molar-refractivity contribution in [1.82, 2.24) is 45.7 Å². The molecular formula is C49H56FN9O10S. The third-order valence-corrected chi connectivity index (χ3v) is 13.8. The molecule has 0 radical (unpaired) electrons. The highest BCUT2D eigenvalue weighted by atomic mass is 32.2. The van der Waals surface area contributed by atoms with Crippen molar-refractivity contribution in [3.05, 3.63) is 86.2 Å². The molecule has 0 saturated carbocycles. The first kappa shape index (κ1) is 51.0. The van der Waals surface area contributed by atoms with Crippen molar-refractivity contribution in [1.29, 1.82) is 0 Å². The summed E-state index contributed by atoms with van der Waals surface area (Å²) in [5.41, 5.74) is -0.429. The van der Waals surface area contributed by atoms with Crippen molar-refractivity contribution in [3.63, 3.8) is 0 Å². The van der Waals surface area contributed by atoms with Crippen LogP contribution in [0, 0.1) is 30.5 Å². The van der Waals surface area contributed by atoms with Gasteiger partial charge in [-0.2, -0.15) is 0 Å². The number of hydrogen-bond donors (Lipinski definition) is 5. The number of unbranched alkanes of at least 4 members (excludes halogenated alkanes) is 1. The highest BCUT2D eigenvalue weighted by molar-refractivity contribution is 7.90. The van der Waals surface area contributed by atoms with Crippen molar-refractivity contribution < 1.29 is 46.6 Å². The molecule has 3 aliphatic rings. The van der Waals surface area contributed by atoms with Crippen LogP contribution in [0.2, 0.25) is 0 Å². The van der Waals surface area contributed by atoms with Gasteiger partial charge >= 0.3 is 5.97 Å². The number of rotatable bonds is 15. The maximum absolute atomic E-state index is 15.0. The first-order chi connectivity index (χ1) is 33.1. The summed E-state index contributed by atoms with van der Waals surface area (Å²) in [6.07, 6.45) is 8.29. The molecule has 3 aromatic heterocycles. The number of pyridine rings is 2. The van der Waals surface area contributed by atoms with Gasteiger partial charge in [0, 0.05) is 73.7 Å². The number of aryl methyl sites for hydroxylation is 1. The Morgan fingerprint density at radius 3 is 2.43 bits per heavy atom. The third-order valence-electron chi connectivity index (χ3n) is 12.9. The molecule has 7 rings (SSSR count). The van der Waals surface area contributed by atoms with Crippen molar-refractivity contribution >= 4 is 56.4 Å². The Morgan fingerprint density at radius 2 is 1.76 bits per heavy atom. The SMILES string of the molecule is CC[C@@]1(O)C(=O)OCc2c1cc1n(c2=O)Cc2c-1nc1cc(F)c(C)cc1c2/C=C/CNC(=O)CNC(=O)C1(NC(=O)[C@@H](NC(=O)CCCC#Cc2cnc(S(C)(=O)=O)nc2)C(C)C)CCN(C)CC1. The molecule has 0 aliphatic carbocycles. The Kier molecular flexibility index (Phi) is 15.0. The number of halogens is 1. The second kappa shape index (κ2) is 20.6. The zero-order chi connectivity index (χ0) is 50.7. The first-order valence-corrected chi connectivity index (χ1v) is 24.9. The summed E-state index contributed by atoms with van der Waals surface area (Å²) in [5, 5.41) is 22.8. The van der Waals surface area contributed by atoms with E-state index >= 15 is 0 Å². The summed E-state index contributed by atoms with van der Waals surface area (Å²) in [5.74, 6) is 2.08. The van der Waals surface area contributed by atoms with Gasteiger partial charge in [-0.05, 0) is 68.8 Å². The van der Waals surface area contributed by atoms with Gasteiger partial charge in [-0.15, -0.1) is 0 Å². The number of carbonyl (C=O) groups is 5. The molecule has 370 valence electrons. The monoisotopic (exact) mass is 981 g/mol. The van der Waals surface area contributed by atoms with Crippen molar-refractivity contribution in [2.75, 3.05) is 39.5 Å². The maximum atomic E-state index is 15.0. The Morgan fingerprint density at radius 1 is 1.04 bits per heavy atom. The molecule has 70 heavy (non-hydrogen) atoms. The molecule has 1 saturated heterocycles. The number of amides is 4. The molecule has 3 aliphatic heterocycles. The Labute approximate surface area is 404 Å². The van der Waals surface area contributed by atoms with Crippen LogP contribution < -0.4 is 26.8 Å². The lowest BCUT2D eigenvalue weighted by Crippen LogP contribution is -2.66. The van der Waals surface area contributed by atoms with E-state index in [2.05, 4.69) is 43.1 Å². The summed E-state index contributed by atoms with van der Waals surface area (Å²) >= 11 is 0. The first-order valence-electron chi connectivity index (χ1n) is 23.0. The minimum absolute atomic E-state index is 0.0166. The molecule has 0 bridgehead atoms. The highest BCUT2D eigenvalue weighted by Gasteiger charge is 2.46. The van der Waals surface area contributed by atoms with Crippen LogP contribution in [0.25, 0.3) is 28.4 Å². The largest absolute Gasteiger partial charge is 0.458 e. The third kappa shape index (κ3) is 10.6. The quantitative estimate of drug-likeness (QED) is 0.0435. The average Bonchev–Trinajstić information content (AvgIpc) is 3.69. The topological polar surface area (TPSA) is 261 Å². The van der Waals surface area contributed by atoms with E-state index in [9.17, 15) is 46.7 Å². The van der Waals surface area contributed by atoms with Crippen LogP contribution in [-0.2, 0) is 57.3 Å². The van der Waals surface area contributed by atoms with E-state index in [0.717, 1.165) is 6.26 Å². The molecule has 4 amide bonds. The van der Waals surface area contributed by atoms with Crippen molar-refractivity contribution in [2.24, 2.45) is 5.92 Å². The standard InChI is InChI=1S/C49H56FN9O10S/c1-7-49(66)35-21-38-42-33(26-59(38)44(63)34(35)27-69-46(49)65)31(32-20-29(4)36(50)22-37(32)55-42)13-11-17-51-40(61)25-52-45(64)48(15-18-58(5)19-16-48)57-43(62)41(28(2)3)56-39(60)14-10-8-9-12-30-23-53-47(54-24-30)70(6,67)68/h11,13,20-24,28,41,66H,7-8,10,14-19,25-27H2,1-6H3,(H,51,61)(H,52,64)(H,56,60)(H,57,62)/b13-11+/t41-,49-/m0/s1. The van der Waals surface area contributed by atoms with Crippen LogP contribution in [0.4, 0.5) is 4.39 Å². The number of likely N-dealkylation sites (tertiary alicyclic amines) is 1. The summed E-state index contributed by atoms with van der Waals surface area (Å²) < 4.78 is 44.8. The molecule has 6 heterocycles. The molecular weight excluding hydrogens is 926 g/mol. The number of aliphatic hydroxyl groups is 1. The second-order valence-corrected chi connectivity index (χ2v) is 20.2.